The molecule has 0 saturated carbocycles. The fourth-order valence-corrected chi connectivity index (χ4v) is 3.32. The van der Waals surface area contributed by atoms with Crippen LogP contribution in [0.25, 0.3) is 11.3 Å². The largest absolute Gasteiger partial charge is 1.00 e. The van der Waals surface area contributed by atoms with E-state index in [0.717, 1.165) is 22.9 Å². The number of hydrogen-bond acceptors (Lipinski definition) is 10. The van der Waals surface area contributed by atoms with Crippen molar-refractivity contribution in [2.24, 2.45) is 10.2 Å². The average Bonchev–Trinajstić information content (AvgIpc) is 3.45. The summed E-state index contributed by atoms with van der Waals surface area (Å²) in [5.41, 5.74) is 0.393. The summed E-state index contributed by atoms with van der Waals surface area (Å²) in [4.78, 5) is 22.8. The predicted octanol–water partition coefficient (Wildman–Crippen LogP) is -5.13. The van der Waals surface area contributed by atoms with Crippen LogP contribution in [0.1, 0.15) is 58.6 Å². The summed E-state index contributed by atoms with van der Waals surface area (Å²) in [5, 5.41) is 56.3. The number of carboxylic acid groups (broad SMARTS) is 2. The Balaban J connectivity index is 0.00000228. The van der Waals surface area contributed by atoms with E-state index in [1.54, 1.807) is 11.4 Å². The number of aryl methyl sites for hydroxylation is 1. The van der Waals surface area contributed by atoms with E-state index in [-0.39, 0.29) is 125 Å². The number of rotatable bonds is 5. The van der Waals surface area contributed by atoms with E-state index in [2.05, 4.69) is 30.6 Å². The SMILES string of the molecule is Cc1nnc2c(N=Nc3c(C#N)cnn3-c3cc(C(=O)[O-])cc(C(=O)[O-])c3)c(C(C)(C)C)[nH]n12.[K+].[K+]. The Kier molecular flexibility index (Phi) is 10.1. The Morgan fingerprint density at radius 3 is 2.19 bits per heavy atom. The first kappa shape index (κ1) is 30.6. The van der Waals surface area contributed by atoms with Gasteiger partial charge in [0.15, 0.2) is 11.5 Å². The van der Waals surface area contributed by atoms with Gasteiger partial charge in [0.1, 0.15) is 17.5 Å². The average molecular weight is 538 g/mol. The van der Waals surface area contributed by atoms with E-state index in [4.69, 9.17) is 0 Å². The number of aromatic amines is 1. The third kappa shape index (κ3) is 5.93. The Hall–Kier alpha value is -1.59. The number of benzene rings is 1. The fourth-order valence-electron chi connectivity index (χ4n) is 3.32. The third-order valence-electron chi connectivity index (χ3n) is 4.99. The Morgan fingerprint density at radius 1 is 1.06 bits per heavy atom. The molecule has 0 aliphatic heterocycles. The normalized spacial score (nSPS) is 11.2. The van der Waals surface area contributed by atoms with Gasteiger partial charge >= 0.3 is 103 Å². The Bertz CT molecular complexity index is 1500. The van der Waals surface area contributed by atoms with Crippen LogP contribution in [0.3, 0.4) is 0 Å². The van der Waals surface area contributed by atoms with Crippen molar-refractivity contribution >= 4 is 29.1 Å². The van der Waals surface area contributed by atoms with Crippen LogP contribution in [0, 0.1) is 18.3 Å². The molecule has 0 bridgehead atoms. The molecule has 0 radical (unpaired) electrons. The van der Waals surface area contributed by atoms with Crippen LogP contribution < -0.4 is 113 Å². The molecule has 0 fully saturated rings. The molecule has 3 heterocycles. The standard InChI is InChI=1S/C21H19N9O4.2K/c1-10-24-27-18-15(16(21(2,3)4)28-29(10)18)25-26-17-13(8-22)9-23-30(17)14-6-11(19(31)32)5-12(7-14)20(33)34;;/h5-7,9,28H,1-4H3,(H,31,32)(H,33,34);;/q;2*+1/p-2. The summed E-state index contributed by atoms with van der Waals surface area (Å²) in [6.45, 7) is 7.68. The van der Waals surface area contributed by atoms with E-state index in [1.165, 1.54) is 6.20 Å². The van der Waals surface area contributed by atoms with Gasteiger partial charge in [-0.2, -0.15) is 10.4 Å². The zero-order chi connectivity index (χ0) is 24.8. The second-order valence-corrected chi connectivity index (χ2v) is 8.44. The van der Waals surface area contributed by atoms with Crippen molar-refractivity contribution in [2.75, 3.05) is 0 Å². The number of hydrogen-bond donors (Lipinski definition) is 1. The zero-order valence-electron chi connectivity index (χ0n) is 20.5. The first-order valence-corrected chi connectivity index (χ1v) is 9.93. The molecular formula is C21H17K2N9O4. The molecule has 36 heavy (non-hydrogen) atoms. The van der Waals surface area contributed by atoms with Gasteiger partial charge in [0.2, 0.25) is 5.65 Å². The summed E-state index contributed by atoms with van der Waals surface area (Å²) < 4.78 is 2.77. The number of fused-ring (bicyclic) bond motifs is 1. The second kappa shape index (κ2) is 11.9. The van der Waals surface area contributed by atoms with Crippen LogP contribution in [0.15, 0.2) is 34.6 Å². The molecule has 0 atom stereocenters. The summed E-state index contributed by atoms with van der Waals surface area (Å²) in [5.74, 6) is -2.62. The van der Waals surface area contributed by atoms with Crippen LogP contribution in [0.4, 0.5) is 11.5 Å². The number of nitrogens with zero attached hydrogens (tertiary/aromatic N) is 8. The predicted molar refractivity (Wildman–Crippen MR) is 112 cm³/mol. The van der Waals surface area contributed by atoms with Gasteiger partial charge in [-0.3, -0.25) is 5.10 Å². The van der Waals surface area contributed by atoms with Crippen LogP contribution in [-0.2, 0) is 5.41 Å². The molecule has 172 valence electrons. The molecule has 4 rings (SSSR count). The molecule has 4 aromatic rings. The summed E-state index contributed by atoms with van der Waals surface area (Å²) in [7, 11) is 0. The van der Waals surface area contributed by atoms with Crippen LogP contribution >= 0.6 is 0 Å². The summed E-state index contributed by atoms with van der Waals surface area (Å²) >= 11 is 0. The Labute approximate surface area is 289 Å². The van der Waals surface area contributed by atoms with Gasteiger partial charge in [0.05, 0.1) is 29.5 Å². The molecule has 15 heteroatoms. The minimum atomic E-state index is -1.59. The van der Waals surface area contributed by atoms with E-state index < -0.39 is 23.1 Å². The number of aromatic carboxylic acids is 2. The van der Waals surface area contributed by atoms with E-state index in [9.17, 15) is 25.1 Å². The zero-order valence-corrected chi connectivity index (χ0v) is 26.8. The quantitative estimate of drug-likeness (QED) is 0.193. The molecule has 1 aromatic carbocycles. The molecule has 0 spiro atoms. The molecule has 0 unspecified atom stereocenters. The van der Waals surface area contributed by atoms with E-state index >= 15 is 0 Å². The first-order valence-electron chi connectivity index (χ1n) is 9.93. The summed E-state index contributed by atoms with van der Waals surface area (Å²) in [6.07, 6.45) is 1.21. The van der Waals surface area contributed by atoms with Crippen molar-refractivity contribution < 1.29 is 123 Å². The van der Waals surface area contributed by atoms with Crippen LogP contribution in [0.2, 0.25) is 0 Å². The van der Waals surface area contributed by atoms with Crippen molar-refractivity contribution in [1.82, 2.24) is 29.6 Å². The maximum atomic E-state index is 11.4. The van der Waals surface area contributed by atoms with Crippen molar-refractivity contribution in [3.63, 3.8) is 0 Å². The number of carboxylic acids is 2. The van der Waals surface area contributed by atoms with Crippen molar-refractivity contribution in [1.29, 1.82) is 5.26 Å². The maximum absolute atomic E-state index is 11.4. The Morgan fingerprint density at radius 2 is 1.67 bits per heavy atom. The number of nitrogens with one attached hydrogen (secondary N) is 1. The van der Waals surface area contributed by atoms with Gasteiger partial charge < -0.3 is 19.8 Å². The molecular weight excluding hydrogens is 520 g/mol. The van der Waals surface area contributed by atoms with Gasteiger partial charge in [0, 0.05) is 5.41 Å². The van der Waals surface area contributed by atoms with Crippen LogP contribution in [-0.4, -0.2) is 41.5 Å². The molecule has 13 nitrogen and oxygen atoms in total. The molecule has 0 aliphatic rings. The van der Waals surface area contributed by atoms with Gasteiger partial charge in [0.25, 0.3) is 0 Å². The molecule has 1 N–H and O–H groups in total. The monoisotopic (exact) mass is 537 g/mol. The van der Waals surface area contributed by atoms with Gasteiger partial charge in [-0.05, 0) is 36.2 Å². The van der Waals surface area contributed by atoms with Gasteiger partial charge in [-0.15, -0.1) is 20.4 Å². The molecule has 0 saturated heterocycles. The summed E-state index contributed by atoms with van der Waals surface area (Å²) in [6, 6.07) is 5.14. The number of nitriles is 1. The smallest absolute Gasteiger partial charge is 0.545 e. The van der Waals surface area contributed by atoms with Gasteiger partial charge in [-0.1, -0.05) is 20.8 Å². The third-order valence-corrected chi connectivity index (χ3v) is 4.99. The van der Waals surface area contributed by atoms with Gasteiger partial charge in [-0.25, -0.2) is 9.20 Å². The van der Waals surface area contributed by atoms with E-state index in [0.29, 0.717) is 22.9 Å². The second-order valence-electron chi connectivity index (χ2n) is 8.44. The minimum absolute atomic E-state index is 0. The van der Waals surface area contributed by atoms with Crippen molar-refractivity contribution in [3.8, 4) is 11.8 Å². The molecule has 3 aromatic heterocycles. The number of H-pyrrole nitrogens is 1. The fraction of sp³-hybridized carbons (Fsp3) is 0.238. The van der Waals surface area contributed by atoms with Crippen molar-refractivity contribution in [3.05, 3.63) is 52.6 Å². The first-order chi connectivity index (χ1) is 16.0. The minimum Gasteiger partial charge on any atom is -0.545 e. The number of carbonyl (C=O) groups is 2. The topological polar surface area (TPSA) is 193 Å². The van der Waals surface area contributed by atoms with Crippen molar-refractivity contribution in [2.45, 2.75) is 33.1 Å². The number of carbonyl (C=O) groups excluding carboxylic acids is 2. The molecule has 0 aliphatic carbocycles. The number of azo groups is 1. The van der Waals surface area contributed by atoms with E-state index in [1.807, 2.05) is 26.8 Å². The number of aromatic nitrogens is 6. The molecule has 0 amide bonds. The maximum Gasteiger partial charge on any atom is 1.00 e. The van der Waals surface area contributed by atoms with Crippen LogP contribution in [0.5, 0.6) is 0 Å².